The fourth-order valence-electron chi connectivity index (χ4n) is 1.83. The van der Waals surface area contributed by atoms with Crippen LogP contribution in [0.15, 0.2) is 0 Å². The quantitative estimate of drug-likeness (QED) is 0.663. The van der Waals surface area contributed by atoms with E-state index in [9.17, 15) is 14.9 Å². The first-order valence-electron chi connectivity index (χ1n) is 6.58. The van der Waals surface area contributed by atoms with Crippen molar-refractivity contribution < 1.29 is 19.1 Å². The monoisotopic (exact) mass is 269 g/mol. The fourth-order valence-corrected chi connectivity index (χ4v) is 1.83. The summed E-state index contributed by atoms with van der Waals surface area (Å²) >= 11 is 0. The van der Waals surface area contributed by atoms with E-state index in [1.807, 2.05) is 19.9 Å². The minimum Gasteiger partial charge on any atom is -0.466 e. The molecule has 0 rings (SSSR count). The molecule has 0 aliphatic heterocycles. The summed E-state index contributed by atoms with van der Waals surface area (Å²) in [7, 11) is 0. The Balaban J connectivity index is 5.34. The van der Waals surface area contributed by atoms with E-state index in [-0.39, 0.29) is 19.1 Å². The van der Waals surface area contributed by atoms with Gasteiger partial charge in [0, 0.05) is 0 Å². The molecule has 0 saturated carbocycles. The summed E-state index contributed by atoms with van der Waals surface area (Å²) in [6, 6.07) is 1.93. The van der Waals surface area contributed by atoms with Crippen LogP contribution in [-0.2, 0) is 19.1 Å². The van der Waals surface area contributed by atoms with E-state index in [0.717, 1.165) is 0 Å². The normalized spacial score (nSPS) is 15.2. The summed E-state index contributed by atoms with van der Waals surface area (Å²) in [6.45, 7) is 9.04. The molecule has 5 nitrogen and oxygen atoms in total. The maximum absolute atomic E-state index is 12.0. The Bertz CT molecular complexity index is 359. The lowest BCUT2D eigenvalue weighted by Crippen LogP contribution is -2.42. The number of hydrogen-bond acceptors (Lipinski definition) is 5. The van der Waals surface area contributed by atoms with Crippen LogP contribution >= 0.6 is 0 Å². The number of nitriles is 1. The molecule has 0 fully saturated rings. The molecule has 0 radical (unpaired) electrons. The lowest BCUT2D eigenvalue weighted by atomic mass is 9.74. The highest BCUT2D eigenvalue weighted by Crippen LogP contribution is 2.34. The first-order valence-corrected chi connectivity index (χ1v) is 6.58. The van der Waals surface area contributed by atoms with E-state index in [1.54, 1.807) is 13.8 Å². The van der Waals surface area contributed by atoms with Crippen LogP contribution in [-0.4, -0.2) is 25.2 Å². The standard InChI is InChI=1S/C14H23NO4/c1-6-18-12(16)11(8-10(3)4)14(5,9-15)13(17)19-7-2/h10-11H,6-8H2,1-5H3. The number of carbonyl (C=O) groups excluding carboxylic acids is 2. The third kappa shape index (κ3) is 4.55. The summed E-state index contributed by atoms with van der Waals surface area (Å²) in [5, 5.41) is 9.32. The summed E-state index contributed by atoms with van der Waals surface area (Å²) in [6.07, 6.45) is 0.404. The number of carbonyl (C=O) groups is 2. The highest BCUT2D eigenvalue weighted by molar-refractivity contribution is 5.87. The van der Waals surface area contributed by atoms with Crippen molar-refractivity contribution in [3.8, 4) is 6.07 Å². The van der Waals surface area contributed by atoms with Crippen LogP contribution < -0.4 is 0 Å². The van der Waals surface area contributed by atoms with Crippen LogP contribution in [0.3, 0.4) is 0 Å². The number of hydrogen-bond donors (Lipinski definition) is 0. The molecule has 0 spiro atoms. The average Bonchev–Trinajstić information content (AvgIpc) is 2.35. The zero-order valence-electron chi connectivity index (χ0n) is 12.4. The molecule has 0 heterocycles. The van der Waals surface area contributed by atoms with Crippen molar-refractivity contribution in [1.29, 1.82) is 5.26 Å². The van der Waals surface area contributed by atoms with E-state index < -0.39 is 23.3 Å². The third-order valence-corrected chi connectivity index (χ3v) is 2.91. The SMILES string of the molecule is CCOC(=O)C(CC(C)C)C(C)(C#N)C(=O)OCC. The average molecular weight is 269 g/mol. The maximum Gasteiger partial charge on any atom is 0.327 e. The molecule has 2 atom stereocenters. The molecule has 0 bridgehead atoms. The molecule has 5 heteroatoms. The summed E-state index contributed by atoms with van der Waals surface area (Å²) < 4.78 is 9.90. The van der Waals surface area contributed by atoms with Crippen molar-refractivity contribution in [2.75, 3.05) is 13.2 Å². The molecule has 0 aliphatic rings. The van der Waals surface area contributed by atoms with Gasteiger partial charge < -0.3 is 9.47 Å². The van der Waals surface area contributed by atoms with E-state index in [2.05, 4.69) is 0 Å². The maximum atomic E-state index is 12.0. The summed E-state index contributed by atoms with van der Waals surface area (Å²) in [4.78, 5) is 24.0. The van der Waals surface area contributed by atoms with Crippen molar-refractivity contribution >= 4 is 11.9 Å². The van der Waals surface area contributed by atoms with Crippen molar-refractivity contribution in [1.82, 2.24) is 0 Å². The molecular formula is C14H23NO4. The van der Waals surface area contributed by atoms with E-state index in [0.29, 0.717) is 6.42 Å². The summed E-state index contributed by atoms with van der Waals surface area (Å²) in [5.74, 6) is -1.84. The van der Waals surface area contributed by atoms with Gasteiger partial charge in [-0.1, -0.05) is 13.8 Å². The first kappa shape index (κ1) is 17.4. The molecule has 108 valence electrons. The largest absolute Gasteiger partial charge is 0.466 e. The molecule has 2 unspecified atom stereocenters. The van der Waals surface area contributed by atoms with E-state index in [1.165, 1.54) is 6.92 Å². The second kappa shape index (κ2) is 7.78. The van der Waals surface area contributed by atoms with Gasteiger partial charge in [-0.3, -0.25) is 9.59 Å². The molecule has 0 aromatic heterocycles. The van der Waals surface area contributed by atoms with Crippen LogP contribution in [0.4, 0.5) is 0 Å². The van der Waals surface area contributed by atoms with Gasteiger partial charge in [0.15, 0.2) is 5.41 Å². The van der Waals surface area contributed by atoms with Crippen LogP contribution in [0.1, 0.15) is 41.0 Å². The fraction of sp³-hybridized carbons (Fsp3) is 0.786. The molecule has 0 saturated heterocycles. The second-order valence-electron chi connectivity index (χ2n) is 4.97. The van der Waals surface area contributed by atoms with Gasteiger partial charge in [0.1, 0.15) is 0 Å². The van der Waals surface area contributed by atoms with Crippen LogP contribution in [0.25, 0.3) is 0 Å². The predicted octanol–water partition coefficient (Wildman–Crippen LogP) is 2.30. The third-order valence-electron chi connectivity index (χ3n) is 2.91. The highest BCUT2D eigenvalue weighted by atomic mass is 16.5. The number of esters is 2. The van der Waals surface area contributed by atoms with Gasteiger partial charge in [-0.25, -0.2) is 0 Å². The first-order chi connectivity index (χ1) is 8.83. The van der Waals surface area contributed by atoms with Crippen molar-refractivity contribution in [2.45, 2.75) is 41.0 Å². The lowest BCUT2D eigenvalue weighted by molar-refractivity contribution is -0.165. The van der Waals surface area contributed by atoms with Gasteiger partial charge >= 0.3 is 11.9 Å². The Hall–Kier alpha value is -1.57. The predicted molar refractivity (Wildman–Crippen MR) is 69.9 cm³/mol. The number of rotatable bonds is 7. The van der Waals surface area contributed by atoms with Gasteiger partial charge in [0.05, 0.1) is 25.2 Å². The second-order valence-corrected chi connectivity index (χ2v) is 4.97. The Morgan fingerprint density at radius 3 is 2.11 bits per heavy atom. The summed E-state index contributed by atoms with van der Waals surface area (Å²) in [5.41, 5.74) is -1.51. The molecule has 0 N–H and O–H groups in total. The van der Waals surface area contributed by atoms with E-state index in [4.69, 9.17) is 9.47 Å². The van der Waals surface area contributed by atoms with Crippen LogP contribution in [0, 0.1) is 28.6 Å². The molecular weight excluding hydrogens is 246 g/mol. The topological polar surface area (TPSA) is 76.4 Å². The van der Waals surface area contributed by atoms with Crippen molar-refractivity contribution in [3.63, 3.8) is 0 Å². The molecule has 0 amide bonds. The lowest BCUT2D eigenvalue weighted by Gasteiger charge is -2.28. The minimum atomic E-state index is -1.51. The van der Waals surface area contributed by atoms with Gasteiger partial charge in [-0.05, 0) is 33.1 Å². The Morgan fingerprint density at radius 2 is 1.74 bits per heavy atom. The molecule has 0 aliphatic carbocycles. The minimum absolute atomic E-state index is 0.163. The van der Waals surface area contributed by atoms with Crippen molar-refractivity contribution in [2.24, 2.45) is 17.3 Å². The zero-order valence-corrected chi connectivity index (χ0v) is 12.4. The Morgan fingerprint density at radius 1 is 1.21 bits per heavy atom. The molecule has 19 heavy (non-hydrogen) atoms. The van der Waals surface area contributed by atoms with Gasteiger partial charge in [0.2, 0.25) is 0 Å². The molecule has 0 aromatic carbocycles. The smallest absolute Gasteiger partial charge is 0.327 e. The van der Waals surface area contributed by atoms with Gasteiger partial charge in [0.25, 0.3) is 0 Å². The number of ether oxygens (including phenoxy) is 2. The van der Waals surface area contributed by atoms with Crippen LogP contribution in [0.5, 0.6) is 0 Å². The van der Waals surface area contributed by atoms with Gasteiger partial charge in [-0.2, -0.15) is 5.26 Å². The van der Waals surface area contributed by atoms with Crippen molar-refractivity contribution in [3.05, 3.63) is 0 Å². The zero-order chi connectivity index (χ0) is 15.1. The number of nitrogens with zero attached hydrogens (tertiary/aromatic N) is 1. The Kier molecular flexibility index (Phi) is 7.13. The van der Waals surface area contributed by atoms with E-state index >= 15 is 0 Å². The highest BCUT2D eigenvalue weighted by Gasteiger charge is 2.48. The Labute approximate surface area is 114 Å². The molecule has 0 aromatic rings. The van der Waals surface area contributed by atoms with Crippen LogP contribution in [0.2, 0.25) is 0 Å². The van der Waals surface area contributed by atoms with Gasteiger partial charge in [-0.15, -0.1) is 0 Å².